The molecule has 0 aliphatic rings. The van der Waals surface area contributed by atoms with Crippen molar-refractivity contribution >= 4 is 34.4 Å². The van der Waals surface area contributed by atoms with Crippen molar-refractivity contribution in [2.75, 3.05) is 5.32 Å². The summed E-state index contributed by atoms with van der Waals surface area (Å²) in [5.74, 6) is -0.0813. The molecule has 0 fully saturated rings. The first kappa shape index (κ1) is 11.9. The van der Waals surface area contributed by atoms with Gasteiger partial charge in [0.2, 0.25) is 5.95 Å². The first-order valence-electron chi connectivity index (χ1n) is 5.49. The van der Waals surface area contributed by atoms with Crippen LogP contribution in [0.4, 0.5) is 16.0 Å². The van der Waals surface area contributed by atoms with Crippen molar-refractivity contribution in [3.8, 4) is 0 Å². The maximum absolute atomic E-state index is 13.0. The Labute approximate surface area is 113 Å². The van der Waals surface area contributed by atoms with E-state index in [1.807, 2.05) is 11.6 Å². The van der Waals surface area contributed by atoms with Gasteiger partial charge >= 0.3 is 0 Å². The fourth-order valence-corrected chi connectivity index (χ4v) is 1.86. The molecule has 2 heterocycles. The Bertz CT molecular complexity index is 755. The largest absolute Gasteiger partial charge is 0.331 e. The number of rotatable bonds is 2. The molecule has 1 N–H and O–H groups in total. The molecule has 0 saturated carbocycles. The standard InChI is InChI=1S/C12H9ClFN5/c1-19-6-16-11-10(19)5-15-12(18-11)17-7-2-3-9(14)8(13)4-7/h2-6H,1H3,(H,15,17,18). The summed E-state index contributed by atoms with van der Waals surface area (Å²) in [7, 11) is 1.87. The van der Waals surface area contributed by atoms with Crippen molar-refractivity contribution in [2.24, 2.45) is 7.05 Å². The molecule has 2 aromatic heterocycles. The zero-order valence-corrected chi connectivity index (χ0v) is 10.7. The topological polar surface area (TPSA) is 55.6 Å². The van der Waals surface area contributed by atoms with Gasteiger partial charge in [-0.05, 0) is 18.2 Å². The van der Waals surface area contributed by atoms with Gasteiger partial charge in [-0.1, -0.05) is 11.6 Å². The van der Waals surface area contributed by atoms with Crippen LogP contribution in [0.3, 0.4) is 0 Å². The molecule has 0 saturated heterocycles. The monoisotopic (exact) mass is 277 g/mol. The lowest BCUT2D eigenvalue weighted by Gasteiger charge is -2.05. The molecule has 96 valence electrons. The average molecular weight is 278 g/mol. The van der Waals surface area contributed by atoms with Crippen LogP contribution in [-0.2, 0) is 7.05 Å². The molecule has 7 heteroatoms. The van der Waals surface area contributed by atoms with Gasteiger partial charge < -0.3 is 9.88 Å². The summed E-state index contributed by atoms with van der Waals surface area (Å²) in [6.07, 6.45) is 3.33. The van der Waals surface area contributed by atoms with Gasteiger partial charge in [0.25, 0.3) is 0 Å². The Morgan fingerprint density at radius 3 is 2.95 bits per heavy atom. The molecule has 5 nitrogen and oxygen atoms in total. The van der Waals surface area contributed by atoms with Crippen molar-refractivity contribution in [3.63, 3.8) is 0 Å². The van der Waals surface area contributed by atoms with E-state index in [2.05, 4.69) is 20.3 Å². The Morgan fingerprint density at radius 1 is 1.32 bits per heavy atom. The number of hydrogen-bond acceptors (Lipinski definition) is 4. The van der Waals surface area contributed by atoms with Gasteiger partial charge in [-0.15, -0.1) is 0 Å². The average Bonchev–Trinajstić information content (AvgIpc) is 2.75. The minimum atomic E-state index is -0.465. The van der Waals surface area contributed by atoms with Crippen molar-refractivity contribution in [3.05, 3.63) is 41.6 Å². The lowest BCUT2D eigenvalue weighted by atomic mass is 10.3. The van der Waals surface area contributed by atoms with E-state index in [0.29, 0.717) is 17.3 Å². The molecule has 3 rings (SSSR count). The van der Waals surface area contributed by atoms with Crippen LogP contribution in [0.15, 0.2) is 30.7 Å². The van der Waals surface area contributed by atoms with Gasteiger partial charge in [-0.3, -0.25) is 0 Å². The Morgan fingerprint density at radius 2 is 2.16 bits per heavy atom. The van der Waals surface area contributed by atoms with Gasteiger partial charge in [-0.25, -0.2) is 14.4 Å². The van der Waals surface area contributed by atoms with Crippen LogP contribution in [0, 0.1) is 5.82 Å². The van der Waals surface area contributed by atoms with Crippen molar-refractivity contribution in [1.29, 1.82) is 0 Å². The van der Waals surface area contributed by atoms with Crippen molar-refractivity contribution in [2.45, 2.75) is 0 Å². The summed E-state index contributed by atoms with van der Waals surface area (Å²) in [6.45, 7) is 0. The molecule has 1 aromatic carbocycles. The lowest BCUT2D eigenvalue weighted by molar-refractivity contribution is 0.628. The van der Waals surface area contributed by atoms with Gasteiger partial charge in [0.05, 0.1) is 17.5 Å². The molecule has 0 bridgehead atoms. The Balaban J connectivity index is 1.94. The van der Waals surface area contributed by atoms with E-state index in [1.54, 1.807) is 18.6 Å². The molecule has 0 aliphatic carbocycles. The van der Waals surface area contributed by atoms with E-state index in [9.17, 15) is 4.39 Å². The third-order valence-electron chi connectivity index (χ3n) is 2.66. The molecule has 19 heavy (non-hydrogen) atoms. The van der Waals surface area contributed by atoms with E-state index in [0.717, 1.165) is 5.52 Å². The fourth-order valence-electron chi connectivity index (χ4n) is 1.68. The van der Waals surface area contributed by atoms with E-state index >= 15 is 0 Å². The number of aryl methyl sites for hydroxylation is 1. The van der Waals surface area contributed by atoms with E-state index < -0.39 is 5.82 Å². The van der Waals surface area contributed by atoms with Crippen LogP contribution in [0.1, 0.15) is 0 Å². The fraction of sp³-hybridized carbons (Fsp3) is 0.0833. The summed E-state index contributed by atoms with van der Waals surface area (Å²) in [5.41, 5.74) is 2.04. The zero-order valence-electron chi connectivity index (χ0n) is 9.93. The number of imidazole rings is 1. The Hall–Kier alpha value is -2.21. The predicted octanol–water partition coefficient (Wildman–Crippen LogP) is 2.90. The van der Waals surface area contributed by atoms with Gasteiger partial charge in [0, 0.05) is 12.7 Å². The Kier molecular flexibility index (Phi) is 2.79. The van der Waals surface area contributed by atoms with Crippen molar-refractivity contribution < 1.29 is 4.39 Å². The predicted molar refractivity (Wildman–Crippen MR) is 71.0 cm³/mol. The minimum Gasteiger partial charge on any atom is -0.331 e. The van der Waals surface area contributed by atoms with Gasteiger partial charge in [-0.2, -0.15) is 4.98 Å². The number of fused-ring (bicyclic) bond motifs is 1. The molecule has 0 aliphatic heterocycles. The molecule has 0 radical (unpaired) electrons. The van der Waals surface area contributed by atoms with E-state index in [4.69, 9.17) is 11.6 Å². The molecule has 0 spiro atoms. The lowest BCUT2D eigenvalue weighted by Crippen LogP contribution is -1.98. The summed E-state index contributed by atoms with van der Waals surface area (Å²) < 4.78 is 14.9. The summed E-state index contributed by atoms with van der Waals surface area (Å²) in [4.78, 5) is 12.6. The highest BCUT2D eigenvalue weighted by atomic mass is 35.5. The highest BCUT2D eigenvalue weighted by molar-refractivity contribution is 6.31. The first-order chi connectivity index (χ1) is 9.13. The number of anilines is 2. The molecule has 3 aromatic rings. The highest BCUT2D eigenvalue weighted by Crippen LogP contribution is 2.21. The molecular formula is C12H9ClFN5. The number of nitrogens with one attached hydrogen (secondary N) is 1. The number of hydrogen-bond donors (Lipinski definition) is 1. The minimum absolute atomic E-state index is 0.0453. The SMILES string of the molecule is Cn1cnc2nc(Nc3ccc(F)c(Cl)c3)ncc21. The second kappa shape index (κ2) is 4.47. The van der Waals surface area contributed by atoms with E-state index in [-0.39, 0.29) is 5.02 Å². The molecule has 0 atom stereocenters. The van der Waals surface area contributed by atoms with E-state index in [1.165, 1.54) is 12.1 Å². The van der Waals surface area contributed by atoms with Crippen molar-refractivity contribution in [1.82, 2.24) is 19.5 Å². The summed E-state index contributed by atoms with van der Waals surface area (Å²) in [6, 6.07) is 4.32. The summed E-state index contributed by atoms with van der Waals surface area (Å²) in [5, 5.41) is 3.00. The first-order valence-corrected chi connectivity index (χ1v) is 5.87. The second-order valence-corrected chi connectivity index (χ2v) is 4.42. The van der Waals surface area contributed by atoms with Crippen LogP contribution in [-0.4, -0.2) is 19.5 Å². The van der Waals surface area contributed by atoms with Crippen LogP contribution in [0.2, 0.25) is 5.02 Å². The maximum Gasteiger partial charge on any atom is 0.229 e. The zero-order chi connectivity index (χ0) is 13.4. The van der Waals surface area contributed by atoms with Crippen LogP contribution < -0.4 is 5.32 Å². The molecule has 0 unspecified atom stereocenters. The number of halogens is 2. The molecular weight excluding hydrogens is 269 g/mol. The third kappa shape index (κ3) is 2.22. The van der Waals surface area contributed by atoms with Crippen LogP contribution in [0.5, 0.6) is 0 Å². The van der Waals surface area contributed by atoms with Crippen LogP contribution in [0.25, 0.3) is 11.2 Å². The van der Waals surface area contributed by atoms with Crippen LogP contribution >= 0.6 is 11.6 Å². The quantitative estimate of drug-likeness (QED) is 0.782. The third-order valence-corrected chi connectivity index (χ3v) is 2.95. The number of nitrogens with zero attached hydrogens (tertiary/aromatic N) is 4. The number of aromatic nitrogens is 4. The molecule has 0 amide bonds. The normalized spacial score (nSPS) is 10.9. The summed E-state index contributed by atoms with van der Waals surface area (Å²) >= 11 is 5.71. The highest BCUT2D eigenvalue weighted by Gasteiger charge is 2.06. The number of benzene rings is 1. The van der Waals surface area contributed by atoms with Gasteiger partial charge in [0.1, 0.15) is 11.3 Å². The van der Waals surface area contributed by atoms with Gasteiger partial charge in [0.15, 0.2) is 5.65 Å². The maximum atomic E-state index is 13.0. The second-order valence-electron chi connectivity index (χ2n) is 4.01. The smallest absolute Gasteiger partial charge is 0.229 e.